The molecule has 1 unspecified atom stereocenters. The summed E-state index contributed by atoms with van der Waals surface area (Å²) in [7, 11) is 0. The maximum Gasteiger partial charge on any atom is 0.124 e. The van der Waals surface area contributed by atoms with Gasteiger partial charge in [-0.1, -0.05) is 17.7 Å². The van der Waals surface area contributed by atoms with Crippen molar-refractivity contribution in [3.8, 4) is 0 Å². The first kappa shape index (κ1) is 12.6. The average molecular weight is 271 g/mol. The third-order valence-corrected chi connectivity index (χ3v) is 4.10. The lowest BCUT2D eigenvalue weighted by Crippen LogP contribution is -2.01. The Morgan fingerprint density at radius 2 is 2.18 bits per heavy atom. The van der Waals surface area contributed by atoms with Crippen LogP contribution >= 0.6 is 22.9 Å². The highest BCUT2D eigenvalue weighted by Gasteiger charge is 2.14. The van der Waals surface area contributed by atoms with Crippen LogP contribution in [0.1, 0.15) is 22.1 Å². The summed E-state index contributed by atoms with van der Waals surface area (Å²) >= 11 is 7.45. The lowest BCUT2D eigenvalue weighted by Gasteiger charge is -2.11. The zero-order valence-electron chi connectivity index (χ0n) is 9.28. The Bertz CT molecular complexity index is 524. The van der Waals surface area contributed by atoms with Crippen LogP contribution in [-0.4, -0.2) is 5.11 Å². The predicted octanol–water partition coefficient (Wildman–Crippen LogP) is 4.13. The van der Waals surface area contributed by atoms with Crippen LogP contribution < -0.4 is 0 Å². The van der Waals surface area contributed by atoms with E-state index in [2.05, 4.69) is 0 Å². The van der Waals surface area contributed by atoms with Crippen LogP contribution in [0.15, 0.2) is 29.6 Å². The summed E-state index contributed by atoms with van der Waals surface area (Å²) in [6.07, 6.45) is -0.182. The monoisotopic (exact) mass is 270 g/mol. The Balaban J connectivity index is 2.19. The zero-order chi connectivity index (χ0) is 12.4. The van der Waals surface area contributed by atoms with Gasteiger partial charge in [-0.15, -0.1) is 11.3 Å². The number of aliphatic hydroxyl groups is 1. The molecule has 1 heterocycles. The second kappa shape index (κ2) is 5.17. The van der Waals surface area contributed by atoms with Gasteiger partial charge < -0.3 is 5.11 Å². The smallest absolute Gasteiger partial charge is 0.124 e. The quantitative estimate of drug-likeness (QED) is 0.889. The molecule has 0 saturated heterocycles. The summed E-state index contributed by atoms with van der Waals surface area (Å²) in [5, 5.41) is 12.4. The number of thiophene rings is 1. The summed E-state index contributed by atoms with van der Waals surface area (Å²) in [6.45, 7) is 1.96. The van der Waals surface area contributed by atoms with Gasteiger partial charge in [-0.25, -0.2) is 4.39 Å². The third kappa shape index (κ3) is 2.86. The number of hydrogen-bond donors (Lipinski definition) is 1. The first-order chi connectivity index (χ1) is 8.08. The van der Waals surface area contributed by atoms with Crippen LogP contribution in [0.25, 0.3) is 0 Å². The lowest BCUT2D eigenvalue weighted by atomic mass is 10.1. The largest absolute Gasteiger partial charge is 0.387 e. The minimum Gasteiger partial charge on any atom is -0.387 e. The molecular weight excluding hydrogens is 259 g/mol. The number of rotatable bonds is 3. The molecule has 2 rings (SSSR count). The molecule has 1 aromatic carbocycles. The summed E-state index contributed by atoms with van der Waals surface area (Å²) in [5.74, 6) is -0.361. The van der Waals surface area contributed by atoms with Gasteiger partial charge in [0.2, 0.25) is 0 Å². The molecule has 1 atom stereocenters. The second-order valence-corrected chi connectivity index (χ2v) is 5.28. The summed E-state index contributed by atoms with van der Waals surface area (Å²) in [5.41, 5.74) is 1.83. The molecule has 0 bridgehead atoms. The molecule has 1 nitrogen and oxygen atoms in total. The standard InChI is InChI=1S/C13H12ClFOS/c1-8-4-5-17-13(8)12(16)6-9-2-3-10(15)7-11(9)14/h2-5,7,12,16H,6H2,1H3. The molecule has 0 amide bonds. The van der Waals surface area contributed by atoms with Crippen molar-refractivity contribution in [2.24, 2.45) is 0 Å². The Hall–Kier alpha value is -0.900. The van der Waals surface area contributed by atoms with E-state index in [0.717, 1.165) is 16.0 Å². The van der Waals surface area contributed by atoms with E-state index in [9.17, 15) is 9.50 Å². The topological polar surface area (TPSA) is 20.2 Å². The molecule has 0 aliphatic carbocycles. The molecule has 90 valence electrons. The van der Waals surface area contributed by atoms with E-state index < -0.39 is 6.10 Å². The van der Waals surface area contributed by atoms with Crippen molar-refractivity contribution in [2.75, 3.05) is 0 Å². The van der Waals surface area contributed by atoms with E-state index in [4.69, 9.17) is 11.6 Å². The van der Waals surface area contributed by atoms with Gasteiger partial charge in [0.15, 0.2) is 0 Å². The van der Waals surface area contributed by atoms with Crippen LogP contribution in [0, 0.1) is 12.7 Å². The number of halogens is 2. The fraction of sp³-hybridized carbons (Fsp3) is 0.231. The van der Waals surface area contributed by atoms with E-state index in [-0.39, 0.29) is 5.82 Å². The Morgan fingerprint density at radius 1 is 1.41 bits per heavy atom. The van der Waals surface area contributed by atoms with E-state index >= 15 is 0 Å². The molecule has 0 spiro atoms. The van der Waals surface area contributed by atoms with Crippen LogP contribution in [0.2, 0.25) is 5.02 Å². The molecule has 17 heavy (non-hydrogen) atoms. The van der Waals surface area contributed by atoms with Crippen LogP contribution in [0.4, 0.5) is 4.39 Å². The van der Waals surface area contributed by atoms with Gasteiger partial charge in [0.25, 0.3) is 0 Å². The average Bonchev–Trinajstić information content (AvgIpc) is 2.68. The fourth-order valence-corrected chi connectivity index (χ4v) is 2.87. The SMILES string of the molecule is Cc1ccsc1C(O)Cc1ccc(F)cc1Cl. The molecule has 0 fully saturated rings. The molecule has 1 N–H and O–H groups in total. The highest BCUT2D eigenvalue weighted by atomic mass is 35.5. The molecular formula is C13H12ClFOS. The second-order valence-electron chi connectivity index (χ2n) is 3.92. The number of aryl methyl sites for hydroxylation is 1. The van der Waals surface area contributed by atoms with Gasteiger partial charge in [-0.3, -0.25) is 0 Å². The predicted molar refractivity (Wildman–Crippen MR) is 69.1 cm³/mol. The van der Waals surface area contributed by atoms with Crippen LogP contribution in [-0.2, 0) is 6.42 Å². The molecule has 0 aliphatic heterocycles. The van der Waals surface area contributed by atoms with Gasteiger partial charge in [0, 0.05) is 16.3 Å². The summed E-state index contributed by atoms with van der Waals surface area (Å²) in [6, 6.07) is 6.21. The van der Waals surface area contributed by atoms with Crippen LogP contribution in [0.5, 0.6) is 0 Å². The van der Waals surface area contributed by atoms with Gasteiger partial charge in [-0.2, -0.15) is 0 Å². The van der Waals surface area contributed by atoms with Crippen LogP contribution in [0.3, 0.4) is 0 Å². The van der Waals surface area contributed by atoms with Gasteiger partial charge in [0.05, 0.1) is 6.10 Å². The lowest BCUT2D eigenvalue weighted by molar-refractivity contribution is 0.181. The van der Waals surface area contributed by atoms with Gasteiger partial charge in [-0.05, 0) is 41.6 Å². The number of benzene rings is 1. The first-order valence-electron chi connectivity index (χ1n) is 5.24. The minimum atomic E-state index is -0.585. The van der Waals surface area contributed by atoms with Crippen molar-refractivity contribution in [1.29, 1.82) is 0 Å². The number of hydrogen-bond acceptors (Lipinski definition) is 2. The molecule has 2 aromatic rings. The molecule has 1 aromatic heterocycles. The van der Waals surface area contributed by atoms with Crippen molar-refractivity contribution in [3.05, 3.63) is 56.5 Å². The van der Waals surface area contributed by atoms with Gasteiger partial charge >= 0.3 is 0 Å². The maximum atomic E-state index is 12.9. The van der Waals surface area contributed by atoms with Crippen molar-refractivity contribution in [2.45, 2.75) is 19.4 Å². The van der Waals surface area contributed by atoms with Crippen molar-refractivity contribution in [3.63, 3.8) is 0 Å². The summed E-state index contributed by atoms with van der Waals surface area (Å²) < 4.78 is 12.9. The fourth-order valence-electron chi connectivity index (χ4n) is 1.71. The highest BCUT2D eigenvalue weighted by molar-refractivity contribution is 7.10. The third-order valence-electron chi connectivity index (χ3n) is 2.63. The van der Waals surface area contributed by atoms with E-state index in [1.54, 1.807) is 6.07 Å². The Labute approximate surface area is 108 Å². The normalized spacial score (nSPS) is 12.7. The van der Waals surface area contributed by atoms with Crippen molar-refractivity contribution in [1.82, 2.24) is 0 Å². The minimum absolute atomic E-state index is 0.359. The zero-order valence-corrected chi connectivity index (χ0v) is 10.9. The van der Waals surface area contributed by atoms with E-state index in [1.165, 1.54) is 23.5 Å². The summed E-state index contributed by atoms with van der Waals surface area (Å²) in [4.78, 5) is 0.936. The highest BCUT2D eigenvalue weighted by Crippen LogP contribution is 2.29. The molecule has 0 aliphatic rings. The number of aliphatic hydroxyl groups excluding tert-OH is 1. The van der Waals surface area contributed by atoms with Crippen molar-refractivity contribution >= 4 is 22.9 Å². The first-order valence-corrected chi connectivity index (χ1v) is 6.49. The molecule has 0 radical (unpaired) electrons. The maximum absolute atomic E-state index is 12.9. The van der Waals surface area contributed by atoms with E-state index in [0.29, 0.717) is 11.4 Å². The Kier molecular flexibility index (Phi) is 3.82. The molecule has 0 saturated carbocycles. The van der Waals surface area contributed by atoms with E-state index in [1.807, 2.05) is 18.4 Å². The van der Waals surface area contributed by atoms with Gasteiger partial charge in [0.1, 0.15) is 5.82 Å². The molecule has 4 heteroatoms. The van der Waals surface area contributed by atoms with Crippen molar-refractivity contribution < 1.29 is 9.50 Å². The Morgan fingerprint density at radius 3 is 2.76 bits per heavy atom.